The van der Waals surface area contributed by atoms with Gasteiger partial charge in [0, 0.05) is 8.95 Å². The summed E-state index contributed by atoms with van der Waals surface area (Å²) in [6.45, 7) is 9.19. The molecular formula is C28H32Br2N2O8. The molecule has 0 saturated heterocycles. The van der Waals surface area contributed by atoms with Crippen LogP contribution in [0.5, 0.6) is 0 Å². The van der Waals surface area contributed by atoms with Crippen molar-refractivity contribution in [1.29, 1.82) is 0 Å². The predicted octanol–water partition coefficient (Wildman–Crippen LogP) is 5.23. The molecule has 0 spiro atoms. The lowest BCUT2D eigenvalue weighted by Gasteiger charge is -2.26. The number of carbonyl (C=O) groups excluding carboxylic acids is 4. The number of ether oxygens (including phenoxy) is 2. The molecule has 0 bridgehead atoms. The van der Waals surface area contributed by atoms with E-state index in [1.807, 2.05) is 12.1 Å². The largest absolute Gasteiger partial charge is 0.443 e. The van der Waals surface area contributed by atoms with Crippen LogP contribution in [0.2, 0.25) is 0 Å². The van der Waals surface area contributed by atoms with Gasteiger partial charge in [0.1, 0.15) is 16.6 Å². The van der Waals surface area contributed by atoms with Crippen molar-refractivity contribution in [2.45, 2.75) is 64.6 Å². The molecule has 0 aliphatic carbocycles. The molecule has 2 aliphatic heterocycles. The molecule has 4 amide bonds. The lowest BCUT2D eigenvalue weighted by molar-refractivity contribution is -0.126. The minimum absolute atomic E-state index is 0.238. The van der Waals surface area contributed by atoms with Crippen molar-refractivity contribution < 1.29 is 38.9 Å². The molecule has 2 aromatic carbocycles. The molecule has 2 heterocycles. The Morgan fingerprint density at radius 2 is 1.30 bits per heavy atom. The molecule has 4 rings (SSSR count). The molecule has 2 aromatic rings. The fourth-order valence-corrected chi connectivity index (χ4v) is 4.85. The average Bonchev–Trinajstić information content (AvgIpc) is 3.26. The summed E-state index contributed by atoms with van der Waals surface area (Å²) in [7, 11) is 0. The topological polar surface area (TPSA) is 134 Å². The van der Waals surface area contributed by atoms with Crippen LogP contribution in [0.15, 0.2) is 45.3 Å². The third kappa shape index (κ3) is 6.56. The maximum absolute atomic E-state index is 12.7. The van der Waals surface area contributed by atoms with Crippen molar-refractivity contribution in [2.24, 2.45) is 0 Å². The van der Waals surface area contributed by atoms with Crippen molar-refractivity contribution in [3.05, 3.63) is 56.5 Å². The van der Waals surface area contributed by atoms with Crippen LogP contribution >= 0.6 is 31.9 Å². The maximum Gasteiger partial charge on any atom is 0.421 e. The smallest absolute Gasteiger partial charge is 0.421 e. The summed E-state index contributed by atoms with van der Waals surface area (Å²) in [5.74, 6) is -0.947. The number of imide groups is 2. The Morgan fingerprint density at radius 3 is 1.80 bits per heavy atom. The van der Waals surface area contributed by atoms with Gasteiger partial charge in [-0.3, -0.25) is 9.59 Å². The second kappa shape index (κ2) is 11.6. The van der Waals surface area contributed by atoms with E-state index in [1.165, 1.54) is 0 Å². The zero-order chi connectivity index (χ0) is 30.2. The highest BCUT2D eigenvalue weighted by Crippen LogP contribution is 2.43. The summed E-state index contributed by atoms with van der Waals surface area (Å²) in [6.07, 6.45) is -1.22. The molecule has 0 radical (unpaired) electrons. The molecule has 10 nitrogen and oxygen atoms in total. The Kier molecular flexibility index (Phi) is 9.19. The van der Waals surface area contributed by atoms with Gasteiger partial charge in [-0.1, -0.05) is 44.0 Å². The van der Waals surface area contributed by atoms with Crippen LogP contribution in [0.4, 0.5) is 21.0 Å². The van der Waals surface area contributed by atoms with Crippen LogP contribution in [0.25, 0.3) is 0 Å². The zero-order valence-corrected chi connectivity index (χ0v) is 26.3. The van der Waals surface area contributed by atoms with Crippen LogP contribution in [0.3, 0.4) is 0 Å². The van der Waals surface area contributed by atoms with Crippen LogP contribution in [-0.4, -0.2) is 58.6 Å². The van der Waals surface area contributed by atoms with Crippen molar-refractivity contribution in [3.63, 3.8) is 0 Å². The SMILES string of the molecule is CC(C)(C)OC(=O)N1C(=O)C(CO)(CO)c2ccc(Br)cc21.CC(C)(C)OC(=O)N1C(=O)Cc2ccc(Br)cc21. The number of halogens is 2. The first kappa shape index (κ1) is 31.7. The van der Waals surface area contributed by atoms with E-state index < -0.39 is 47.9 Å². The Balaban J connectivity index is 0.000000225. The van der Waals surface area contributed by atoms with Crippen molar-refractivity contribution >= 4 is 67.2 Å². The first-order valence-corrected chi connectivity index (χ1v) is 14.0. The number of amides is 4. The Bertz CT molecular complexity index is 1340. The number of rotatable bonds is 2. The third-order valence-corrected chi connectivity index (χ3v) is 6.89. The fourth-order valence-electron chi connectivity index (χ4n) is 4.16. The molecule has 0 atom stereocenters. The second-order valence-electron chi connectivity index (χ2n) is 11.3. The summed E-state index contributed by atoms with van der Waals surface area (Å²) < 4.78 is 12.0. The van der Waals surface area contributed by atoms with Gasteiger partial charge in [-0.15, -0.1) is 0 Å². The number of fused-ring (bicyclic) bond motifs is 2. The summed E-state index contributed by atoms with van der Waals surface area (Å²) in [5.41, 5.74) is -0.780. The fraction of sp³-hybridized carbons (Fsp3) is 0.429. The Hall–Kier alpha value is -2.80. The van der Waals surface area contributed by atoms with E-state index in [0.717, 1.165) is 19.8 Å². The van der Waals surface area contributed by atoms with Crippen LogP contribution in [-0.2, 0) is 30.9 Å². The monoisotopic (exact) mass is 682 g/mol. The molecule has 0 unspecified atom stereocenters. The summed E-state index contributed by atoms with van der Waals surface area (Å²) in [4.78, 5) is 50.9. The number of carbonyl (C=O) groups is 4. The molecule has 12 heteroatoms. The van der Waals surface area contributed by atoms with Crippen LogP contribution in [0, 0.1) is 0 Å². The lowest BCUT2D eigenvalue weighted by Crippen LogP contribution is -2.48. The number of aliphatic hydroxyl groups is 2. The number of hydrogen-bond acceptors (Lipinski definition) is 8. The molecular weight excluding hydrogens is 652 g/mol. The van der Waals surface area contributed by atoms with E-state index in [9.17, 15) is 29.4 Å². The van der Waals surface area contributed by atoms with Gasteiger partial charge in [-0.25, -0.2) is 19.4 Å². The second-order valence-corrected chi connectivity index (χ2v) is 13.2. The van der Waals surface area contributed by atoms with Crippen molar-refractivity contribution in [2.75, 3.05) is 23.0 Å². The van der Waals surface area contributed by atoms with E-state index >= 15 is 0 Å². The third-order valence-electron chi connectivity index (χ3n) is 5.90. The van der Waals surface area contributed by atoms with E-state index in [2.05, 4.69) is 31.9 Å². The number of hydrogen-bond donors (Lipinski definition) is 2. The van der Waals surface area contributed by atoms with Crippen LogP contribution < -0.4 is 9.80 Å². The first-order chi connectivity index (χ1) is 18.4. The first-order valence-electron chi connectivity index (χ1n) is 12.4. The predicted molar refractivity (Wildman–Crippen MR) is 155 cm³/mol. The normalized spacial score (nSPS) is 15.8. The van der Waals surface area contributed by atoms with E-state index in [1.54, 1.807) is 65.8 Å². The number of nitrogens with zero attached hydrogens (tertiary/aromatic N) is 2. The molecule has 0 saturated carbocycles. The average molecular weight is 684 g/mol. The van der Waals surface area contributed by atoms with E-state index in [4.69, 9.17) is 9.47 Å². The number of aliphatic hydroxyl groups excluding tert-OH is 2. The molecule has 0 aromatic heterocycles. The minimum atomic E-state index is -1.53. The quantitative estimate of drug-likeness (QED) is 0.440. The Labute approximate surface area is 249 Å². The summed E-state index contributed by atoms with van der Waals surface area (Å²) in [5, 5.41) is 19.3. The van der Waals surface area contributed by atoms with Gasteiger partial charge in [-0.05, 0) is 76.9 Å². The summed E-state index contributed by atoms with van der Waals surface area (Å²) >= 11 is 6.62. The molecule has 2 N–H and O–H groups in total. The van der Waals surface area contributed by atoms with E-state index in [-0.39, 0.29) is 12.3 Å². The van der Waals surface area contributed by atoms with E-state index in [0.29, 0.717) is 21.4 Å². The van der Waals surface area contributed by atoms with Gasteiger partial charge in [-0.2, -0.15) is 0 Å². The highest BCUT2D eigenvalue weighted by molar-refractivity contribution is 9.10. The van der Waals surface area contributed by atoms with Gasteiger partial charge >= 0.3 is 12.2 Å². The molecule has 216 valence electrons. The van der Waals surface area contributed by atoms with Gasteiger partial charge in [0.25, 0.3) is 5.91 Å². The number of anilines is 2. The summed E-state index contributed by atoms with van der Waals surface area (Å²) in [6, 6.07) is 10.3. The maximum atomic E-state index is 12.7. The molecule has 40 heavy (non-hydrogen) atoms. The Morgan fingerprint density at radius 1 is 0.825 bits per heavy atom. The zero-order valence-electron chi connectivity index (χ0n) is 23.1. The van der Waals surface area contributed by atoms with Crippen LogP contribution in [0.1, 0.15) is 52.7 Å². The molecule has 0 fully saturated rings. The highest BCUT2D eigenvalue weighted by Gasteiger charge is 2.53. The minimum Gasteiger partial charge on any atom is -0.443 e. The molecule has 2 aliphatic rings. The lowest BCUT2D eigenvalue weighted by atomic mass is 9.83. The highest BCUT2D eigenvalue weighted by atomic mass is 79.9. The van der Waals surface area contributed by atoms with Crippen molar-refractivity contribution in [3.8, 4) is 0 Å². The number of benzene rings is 2. The van der Waals surface area contributed by atoms with Gasteiger partial charge in [0.05, 0.1) is 31.0 Å². The van der Waals surface area contributed by atoms with Gasteiger partial charge in [0.2, 0.25) is 5.91 Å². The van der Waals surface area contributed by atoms with Crippen molar-refractivity contribution in [1.82, 2.24) is 0 Å². The van der Waals surface area contributed by atoms with Gasteiger partial charge in [0.15, 0.2) is 0 Å². The van der Waals surface area contributed by atoms with Gasteiger partial charge < -0.3 is 19.7 Å². The standard InChI is InChI=1S/C15H18BrNO5.C13H14BrNO3/c1-14(2,3)22-13(21)17-11-6-9(16)4-5-10(11)15(7-18,8-19)12(17)20;1-13(2,3)18-12(17)15-10-7-9(14)5-4-8(10)6-11(15)16/h4-6,18-19H,7-8H2,1-3H3;4-5,7H,6H2,1-3H3.